The molecule has 9 aromatic rings. The van der Waals surface area contributed by atoms with Gasteiger partial charge in [-0.25, -0.2) is 0 Å². The Bertz CT molecular complexity index is 3570. The third kappa shape index (κ3) is 11.2. The molecule has 0 saturated carbocycles. The molecule has 0 aliphatic heterocycles. The van der Waals surface area contributed by atoms with Crippen LogP contribution in [0.2, 0.25) is 0 Å². The number of hydrogen-bond donors (Lipinski definition) is 6. The normalized spacial score (nSPS) is 11.8. The number of aromatic hydroxyl groups is 2. The average molecular weight is 1030 g/mol. The third-order valence-electron chi connectivity index (χ3n) is 11.6. The highest BCUT2D eigenvalue weighted by molar-refractivity contribution is 6.14. The maximum Gasteiger partial charge on any atom is 0.418 e. The second kappa shape index (κ2) is 21.1. The van der Waals surface area contributed by atoms with Gasteiger partial charge in [0.05, 0.1) is 33.6 Å². The van der Waals surface area contributed by atoms with E-state index in [0.29, 0.717) is 34.3 Å². The van der Waals surface area contributed by atoms with E-state index in [1.54, 1.807) is 97.1 Å². The number of phenols is 2. The molecule has 0 aromatic heterocycles. The molecule has 14 nitrogen and oxygen atoms in total. The monoisotopic (exact) mass is 1030 g/mol. The summed E-state index contributed by atoms with van der Waals surface area (Å²) in [7, 11) is 0. The van der Waals surface area contributed by atoms with Crippen molar-refractivity contribution in [3.05, 3.63) is 215 Å². The number of benzene rings is 9. The summed E-state index contributed by atoms with van der Waals surface area (Å²) in [5.41, 5.74) is -4.90. The summed E-state index contributed by atoms with van der Waals surface area (Å²) in [4.78, 5) is 53.9. The Kier molecular flexibility index (Phi) is 14.1. The number of rotatable bonds is 12. The molecule has 9 aromatic carbocycles. The van der Waals surface area contributed by atoms with Crippen LogP contribution in [0.15, 0.2) is 202 Å². The molecule has 0 saturated heterocycles. The van der Waals surface area contributed by atoms with Crippen LogP contribution in [0.4, 0.5) is 71.8 Å². The molecule has 4 amide bonds. The molecule has 20 heteroatoms. The summed E-state index contributed by atoms with van der Waals surface area (Å²) in [6, 6.07) is 42.3. The van der Waals surface area contributed by atoms with Crippen molar-refractivity contribution in [2.75, 3.05) is 21.3 Å². The van der Waals surface area contributed by atoms with Gasteiger partial charge in [-0.05, 0) is 102 Å². The standard InChI is InChI=1S/C56H36F6N8O6/c57-55(58,59)43-24-22-33(51(73)63-35-14-3-1-4-15-35)28-45(43)67-69-47-39-20-9-7-12-31(39)26-41(49(47)71)53(75)65-37-18-11-19-38(30-37)66-54(76)42-27-32-13-8-10-21-40(32)48(50(42)72)70-68-46-29-34(23-25-44(46)56(60,61)62)52(74)64-36-16-5-2-6-17-36/h1-30,71-72H,(H,63,73)(H,64,74)(H,65,75)(H,66,76). The highest BCUT2D eigenvalue weighted by Crippen LogP contribution is 2.44. The van der Waals surface area contributed by atoms with E-state index in [9.17, 15) is 55.7 Å². The minimum Gasteiger partial charge on any atom is -0.505 e. The Morgan fingerprint density at radius 3 is 1.12 bits per heavy atom. The number of amides is 4. The largest absolute Gasteiger partial charge is 0.505 e. The first-order chi connectivity index (χ1) is 36.4. The fourth-order valence-electron chi connectivity index (χ4n) is 7.90. The molecule has 0 bridgehead atoms. The van der Waals surface area contributed by atoms with E-state index in [2.05, 4.69) is 41.7 Å². The third-order valence-corrected chi connectivity index (χ3v) is 11.6. The van der Waals surface area contributed by atoms with Crippen LogP contribution in [-0.4, -0.2) is 33.8 Å². The molecular formula is C56H36F6N8O6. The van der Waals surface area contributed by atoms with Gasteiger partial charge in [0.2, 0.25) is 0 Å². The number of alkyl halides is 6. The van der Waals surface area contributed by atoms with Crippen LogP contribution in [-0.2, 0) is 12.4 Å². The summed E-state index contributed by atoms with van der Waals surface area (Å²) in [5, 5.41) is 50.3. The Morgan fingerprint density at radius 2 is 0.724 bits per heavy atom. The number of anilines is 4. The Balaban J connectivity index is 0.978. The van der Waals surface area contributed by atoms with E-state index in [1.165, 1.54) is 48.5 Å². The number of carbonyl (C=O) groups is 4. The molecule has 9 rings (SSSR count). The lowest BCUT2D eigenvalue weighted by atomic mass is 10.0. The summed E-state index contributed by atoms with van der Waals surface area (Å²) in [6.07, 6.45) is -9.86. The molecule has 0 spiro atoms. The van der Waals surface area contributed by atoms with Crippen LogP contribution in [0, 0.1) is 0 Å². The highest BCUT2D eigenvalue weighted by atomic mass is 19.4. The van der Waals surface area contributed by atoms with Crippen LogP contribution in [0.25, 0.3) is 21.5 Å². The number of phenolic OH excluding ortho intramolecular Hbond substituents is 2. The fraction of sp³-hybridized carbons (Fsp3) is 0.0357. The summed E-state index contributed by atoms with van der Waals surface area (Å²) < 4.78 is 85.5. The van der Waals surface area contributed by atoms with Gasteiger partial charge < -0.3 is 31.5 Å². The van der Waals surface area contributed by atoms with Gasteiger partial charge in [-0.15, -0.1) is 20.5 Å². The van der Waals surface area contributed by atoms with Gasteiger partial charge in [0.25, 0.3) is 23.6 Å². The maximum absolute atomic E-state index is 14.3. The van der Waals surface area contributed by atoms with Crippen LogP contribution in [0.3, 0.4) is 0 Å². The van der Waals surface area contributed by atoms with Crippen molar-refractivity contribution in [3.8, 4) is 11.5 Å². The minimum atomic E-state index is -4.93. The van der Waals surface area contributed by atoms with E-state index in [1.807, 2.05) is 0 Å². The number of para-hydroxylation sites is 2. The predicted molar refractivity (Wildman–Crippen MR) is 274 cm³/mol. The molecule has 0 radical (unpaired) electrons. The first-order valence-corrected chi connectivity index (χ1v) is 22.6. The van der Waals surface area contributed by atoms with Gasteiger partial charge in [-0.2, -0.15) is 26.3 Å². The zero-order chi connectivity index (χ0) is 53.7. The number of nitrogens with one attached hydrogen (secondary N) is 4. The van der Waals surface area contributed by atoms with Crippen molar-refractivity contribution in [1.82, 2.24) is 0 Å². The highest BCUT2D eigenvalue weighted by Gasteiger charge is 2.36. The van der Waals surface area contributed by atoms with E-state index >= 15 is 0 Å². The van der Waals surface area contributed by atoms with Crippen molar-refractivity contribution < 1.29 is 55.7 Å². The summed E-state index contributed by atoms with van der Waals surface area (Å²) in [5.74, 6) is -4.81. The first-order valence-electron chi connectivity index (χ1n) is 22.6. The van der Waals surface area contributed by atoms with Gasteiger partial charge >= 0.3 is 12.4 Å². The number of fused-ring (bicyclic) bond motifs is 2. The van der Waals surface area contributed by atoms with Gasteiger partial charge in [-0.3, -0.25) is 19.2 Å². The number of carbonyl (C=O) groups excluding carboxylic acids is 4. The van der Waals surface area contributed by atoms with Crippen LogP contribution in [0.5, 0.6) is 11.5 Å². The van der Waals surface area contributed by atoms with Crippen molar-refractivity contribution in [2.24, 2.45) is 20.5 Å². The SMILES string of the molecule is O=C(Nc1ccccc1)c1ccc(C(F)(F)F)c(N=Nc2c(O)c(C(=O)Nc3cccc(NC(=O)c4cc5ccccc5c(N=Nc5cc(C(=O)Nc6ccccc6)ccc5C(F)(F)F)c4O)c3)cc3ccccc23)c1. The molecule has 76 heavy (non-hydrogen) atoms. The molecule has 0 fully saturated rings. The van der Waals surface area contributed by atoms with Gasteiger partial charge in [0, 0.05) is 44.6 Å². The Hall–Kier alpha value is -10.2. The smallest absolute Gasteiger partial charge is 0.418 e. The van der Waals surface area contributed by atoms with Gasteiger partial charge in [0.1, 0.15) is 11.4 Å². The number of hydrogen-bond acceptors (Lipinski definition) is 10. The fourth-order valence-corrected chi connectivity index (χ4v) is 7.90. The quantitative estimate of drug-likeness (QED) is 0.0518. The van der Waals surface area contributed by atoms with Crippen molar-refractivity contribution in [3.63, 3.8) is 0 Å². The molecular weight excluding hydrogens is 995 g/mol. The lowest BCUT2D eigenvalue weighted by molar-refractivity contribution is -0.137. The van der Waals surface area contributed by atoms with Gasteiger partial charge in [0.15, 0.2) is 11.5 Å². The van der Waals surface area contributed by atoms with E-state index in [4.69, 9.17) is 0 Å². The first kappa shape index (κ1) is 50.7. The van der Waals surface area contributed by atoms with Crippen LogP contribution in [0.1, 0.15) is 52.6 Å². The van der Waals surface area contributed by atoms with Crippen molar-refractivity contribution in [1.29, 1.82) is 0 Å². The van der Waals surface area contributed by atoms with E-state index < -0.39 is 70.0 Å². The van der Waals surface area contributed by atoms with Gasteiger partial charge in [-0.1, -0.05) is 91.0 Å². The molecule has 0 unspecified atom stereocenters. The number of azo groups is 2. The number of nitrogens with zero attached hydrogens (tertiary/aromatic N) is 4. The summed E-state index contributed by atoms with van der Waals surface area (Å²) in [6.45, 7) is 0. The molecule has 0 atom stereocenters. The zero-order valence-corrected chi connectivity index (χ0v) is 38.9. The number of halogens is 6. The Morgan fingerprint density at radius 1 is 0.368 bits per heavy atom. The van der Waals surface area contributed by atoms with Crippen LogP contribution >= 0.6 is 0 Å². The summed E-state index contributed by atoms with van der Waals surface area (Å²) >= 11 is 0. The molecule has 6 N–H and O–H groups in total. The maximum atomic E-state index is 14.3. The average Bonchev–Trinajstić information content (AvgIpc) is 3.40. The van der Waals surface area contributed by atoms with Crippen molar-refractivity contribution >= 4 is 90.7 Å². The minimum absolute atomic E-state index is 0.0660. The lowest BCUT2D eigenvalue weighted by Crippen LogP contribution is -2.14. The zero-order valence-electron chi connectivity index (χ0n) is 38.9. The second-order valence-electron chi connectivity index (χ2n) is 16.7. The molecule has 0 aliphatic carbocycles. The molecule has 0 aliphatic rings. The topological polar surface area (TPSA) is 206 Å². The van der Waals surface area contributed by atoms with Crippen LogP contribution < -0.4 is 21.3 Å². The van der Waals surface area contributed by atoms with Crippen molar-refractivity contribution in [2.45, 2.75) is 12.4 Å². The van der Waals surface area contributed by atoms with E-state index in [0.717, 1.165) is 24.3 Å². The lowest BCUT2D eigenvalue weighted by Gasteiger charge is -2.14. The Labute approximate surface area is 426 Å². The van der Waals surface area contributed by atoms with E-state index in [-0.39, 0.29) is 55.8 Å². The molecule has 0 heterocycles. The second-order valence-corrected chi connectivity index (χ2v) is 16.7. The predicted octanol–water partition coefficient (Wildman–Crippen LogP) is 15.3. The molecule has 378 valence electrons.